The fourth-order valence-corrected chi connectivity index (χ4v) is 2.64. The molecular weight excluding hydrogens is 260 g/mol. The smallest absolute Gasteiger partial charge is 0.267 e. The molecule has 21 heavy (non-hydrogen) atoms. The normalized spacial score (nSPS) is 18.2. The van der Waals surface area contributed by atoms with Gasteiger partial charge in [-0.15, -0.1) is 0 Å². The lowest BCUT2D eigenvalue weighted by atomic mass is 9.96. The van der Waals surface area contributed by atoms with Crippen molar-refractivity contribution in [2.45, 2.75) is 19.3 Å². The molecule has 1 aliphatic rings. The van der Waals surface area contributed by atoms with E-state index in [1.165, 1.54) is 0 Å². The van der Waals surface area contributed by atoms with Crippen molar-refractivity contribution >= 4 is 22.9 Å². The van der Waals surface area contributed by atoms with E-state index in [1.54, 1.807) is 0 Å². The van der Waals surface area contributed by atoms with Gasteiger partial charge in [-0.1, -0.05) is 48.6 Å². The largest absolute Gasteiger partial charge is 0.271 e. The maximum absolute atomic E-state index is 12.3. The molecule has 0 radical (unpaired) electrons. The van der Waals surface area contributed by atoms with Gasteiger partial charge in [0.1, 0.15) is 0 Å². The van der Waals surface area contributed by atoms with Crippen molar-refractivity contribution < 1.29 is 4.79 Å². The Morgan fingerprint density at radius 3 is 2.86 bits per heavy atom. The van der Waals surface area contributed by atoms with Crippen molar-refractivity contribution in [1.29, 1.82) is 0 Å². The maximum atomic E-state index is 12.3. The van der Waals surface area contributed by atoms with Crippen LogP contribution in [0.15, 0.2) is 59.7 Å². The van der Waals surface area contributed by atoms with Gasteiger partial charge < -0.3 is 0 Å². The summed E-state index contributed by atoms with van der Waals surface area (Å²) in [5, 5.41) is 6.13. The summed E-state index contributed by atoms with van der Waals surface area (Å²) >= 11 is 0. The van der Waals surface area contributed by atoms with Gasteiger partial charge in [-0.25, -0.2) is 5.43 Å². The molecule has 1 amide bonds. The van der Waals surface area contributed by atoms with E-state index in [1.807, 2.05) is 48.7 Å². The van der Waals surface area contributed by atoms with E-state index in [2.05, 4.69) is 22.7 Å². The van der Waals surface area contributed by atoms with Crippen LogP contribution in [0.1, 0.15) is 29.6 Å². The van der Waals surface area contributed by atoms with E-state index < -0.39 is 0 Å². The minimum atomic E-state index is -0.158. The summed E-state index contributed by atoms with van der Waals surface area (Å²) in [7, 11) is 0. The topological polar surface area (TPSA) is 41.5 Å². The van der Waals surface area contributed by atoms with E-state index >= 15 is 0 Å². The molecule has 0 heterocycles. The predicted octanol–water partition coefficient (Wildman–Crippen LogP) is 3.91. The highest BCUT2D eigenvalue weighted by molar-refractivity contribution is 6.07. The molecule has 3 heteroatoms. The highest BCUT2D eigenvalue weighted by Crippen LogP contribution is 2.18. The SMILES string of the molecule is O=C(N/N=C/C1CC=CCC1)c1cccc2ccccc12. The van der Waals surface area contributed by atoms with E-state index in [9.17, 15) is 4.79 Å². The molecule has 1 unspecified atom stereocenters. The van der Waals surface area contributed by atoms with E-state index in [0.29, 0.717) is 11.5 Å². The third-order valence-electron chi connectivity index (χ3n) is 3.80. The number of allylic oxidation sites excluding steroid dienone is 2. The van der Waals surface area contributed by atoms with Crippen LogP contribution in [0.3, 0.4) is 0 Å². The summed E-state index contributed by atoms with van der Waals surface area (Å²) in [4.78, 5) is 12.3. The molecule has 2 aromatic rings. The van der Waals surface area contributed by atoms with Crippen molar-refractivity contribution in [3.05, 3.63) is 60.2 Å². The average Bonchev–Trinajstić information content (AvgIpc) is 2.55. The zero-order valence-electron chi connectivity index (χ0n) is 11.8. The van der Waals surface area contributed by atoms with E-state index in [0.717, 1.165) is 30.0 Å². The van der Waals surface area contributed by atoms with Gasteiger partial charge in [0.05, 0.1) is 0 Å². The van der Waals surface area contributed by atoms with E-state index in [-0.39, 0.29) is 5.91 Å². The van der Waals surface area contributed by atoms with Crippen molar-refractivity contribution in [2.75, 3.05) is 0 Å². The first-order valence-corrected chi connectivity index (χ1v) is 7.31. The van der Waals surface area contributed by atoms with Gasteiger partial charge in [-0.2, -0.15) is 5.10 Å². The van der Waals surface area contributed by atoms with Crippen LogP contribution in [-0.2, 0) is 0 Å². The maximum Gasteiger partial charge on any atom is 0.271 e. The number of carbonyl (C=O) groups is 1. The molecule has 2 aromatic carbocycles. The molecule has 1 atom stereocenters. The van der Waals surface area contributed by atoms with Gasteiger partial charge in [0, 0.05) is 11.8 Å². The highest BCUT2D eigenvalue weighted by Gasteiger charge is 2.09. The van der Waals surface area contributed by atoms with Crippen molar-refractivity contribution in [3.63, 3.8) is 0 Å². The summed E-state index contributed by atoms with van der Waals surface area (Å²) in [6.45, 7) is 0. The zero-order chi connectivity index (χ0) is 14.5. The number of carbonyl (C=O) groups excluding carboxylic acids is 1. The minimum Gasteiger partial charge on any atom is -0.267 e. The molecule has 0 bridgehead atoms. The molecule has 3 rings (SSSR count). The zero-order valence-corrected chi connectivity index (χ0v) is 11.8. The average molecular weight is 278 g/mol. The summed E-state index contributed by atoms with van der Waals surface area (Å²) in [5.74, 6) is 0.275. The molecule has 0 aliphatic heterocycles. The van der Waals surface area contributed by atoms with Crippen LogP contribution >= 0.6 is 0 Å². The van der Waals surface area contributed by atoms with E-state index in [4.69, 9.17) is 0 Å². The Kier molecular flexibility index (Phi) is 4.10. The third kappa shape index (κ3) is 3.19. The lowest BCUT2D eigenvalue weighted by Gasteiger charge is -2.11. The molecule has 0 saturated heterocycles. The quantitative estimate of drug-likeness (QED) is 0.516. The van der Waals surface area contributed by atoms with Crippen molar-refractivity contribution in [3.8, 4) is 0 Å². The monoisotopic (exact) mass is 278 g/mol. The Bertz CT molecular complexity index is 698. The Hall–Kier alpha value is -2.42. The lowest BCUT2D eigenvalue weighted by Crippen LogP contribution is -2.19. The molecule has 106 valence electrons. The fourth-order valence-electron chi connectivity index (χ4n) is 2.64. The predicted molar refractivity (Wildman–Crippen MR) is 86.4 cm³/mol. The van der Waals surface area contributed by atoms with Crippen LogP contribution in [0.5, 0.6) is 0 Å². The minimum absolute atomic E-state index is 0.158. The number of benzene rings is 2. The molecule has 1 N–H and O–H groups in total. The summed E-state index contributed by atoms with van der Waals surface area (Å²) < 4.78 is 0. The van der Waals surface area contributed by atoms with Gasteiger partial charge in [0.15, 0.2) is 0 Å². The number of fused-ring (bicyclic) bond motifs is 1. The van der Waals surface area contributed by atoms with Crippen LogP contribution in [0.2, 0.25) is 0 Å². The molecule has 0 fully saturated rings. The van der Waals surface area contributed by atoms with Crippen LogP contribution in [0.4, 0.5) is 0 Å². The van der Waals surface area contributed by atoms with Crippen LogP contribution in [0.25, 0.3) is 10.8 Å². The summed E-state index contributed by atoms with van der Waals surface area (Å²) in [5.41, 5.74) is 3.31. The Morgan fingerprint density at radius 2 is 2.00 bits per heavy atom. The molecule has 0 spiro atoms. The molecule has 3 nitrogen and oxygen atoms in total. The Morgan fingerprint density at radius 1 is 1.14 bits per heavy atom. The lowest BCUT2D eigenvalue weighted by molar-refractivity contribution is 0.0956. The summed E-state index contributed by atoms with van der Waals surface area (Å²) in [6, 6.07) is 13.6. The molecule has 0 aromatic heterocycles. The Labute approximate surface area is 124 Å². The number of hydrazone groups is 1. The second-order valence-electron chi connectivity index (χ2n) is 5.29. The number of nitrogens with zero attached hydrogens (tertiary/aromatic N) is 1. The van der Waals surface area contributed by atoms with Crippen LogP contribution in [-0.4, -0.2) is 12.1 Å². The van der Waals surface area contributed by atoms with Crippen LogP contribution < -0.4 is 5.43 Å². The van der Waals surface area contributed by atoms with Crippen molar-refractivity contribution in [2.24, 2.45) is 11.0 Å². The van der Waals surface area contributed by atoms with Gasteiger partial charge in [-0.3, -0.25) is 4.79 Å². The number of nitrogens with one attached hydrogen (secondary N) is 1. The van der Waals surface area contributed by atoms with Crippen LogP contribution in [0, 0.1) is 5.92 Å². The number of hydrogen-bond donors (Lipinski definition) is 1. The second kappa shape index (κ2) is 6.35. The molecule has 0 saturated carbocycles. The first-order chi connectivity index (χ1) is 10.3. The molecule has 1 aliphatic carbocycles. The fraction of sp³-hybridized carbons (Fsp3) is 0.222. The highest BCUT2D eigenvalue weighted by atomic mass is 16.2. The standard InChI is InChI=1S/C18H18N2O/c21-18(20-19-13-14-7-2-1-3-8-14)17-12-6-10-15-9-4-5-11-16(15)17/h1-2,4-6,9-14H,3,7-8H2,(H,20,21)/b19-13+. The Balaban J connectivity index is 1.72. The first kappa shape index (κ1) is 13.6. The number of hydrogen-bond acceptors (Lipinski definition) is 2. The second-order valence-corrected chi connectivity index (χ2v) is 5.29. The molecular formula is C18H18N2O. The number of amides is 1. The van der Waals surface area contributed by atoms with Gasteiger partial charge >= 0.3 is 0 Å². The van der Waals surface area contributed by atoms with Gasteiger partial charge in [0.25, 0.3) is 5.91 Å². The first-order valence-electron chi connectivity index (χ1n) is 7.31. The third-order valence-corrected chi connectivity index (χ3v) is 3.80. The van der Waals surface area contributed by atoms with Gasteiger partial charge in [-0.05, 0) is 42.0 Å². The van der Waals surface area contributed by atoms with Gasteiger partial charge in [0.2, 0.25) is 0 Å². The summed E-state index contributed by atoms with van der Waals surface area (Å²) in [6.07, 6.45) is 9.42. The van der Waals surface area contributed by atoms with Crippen molar-refractivity contribution in [1.82, 2.24) is 5.43 Å². The number of rotatable bonds is 3.